The number of nitrogens with zero attached hydrogens (tertiary/aromatic N) is 1. The van der Waals surface area contributed by atoms with Crippen molar-refractivity contribution in [2.75, 3.05) is 11.7 Å². The number of aromatic nitrogens is 1. The van der Waals surface area contributed by atoms with E-state index in [9.17, 15) is 13.2 Å². The highest BCUT2D eigenvalue weighted by molar-refractivity contribution is 7.90. The minimum absolute atomic E-state index is 0.178. The van der Waals surface area contributed by atoms with Gasteiger partial charge in [0.15, 0.2) is 9.84 Å². The smallest absolute Gasteiger partial charge is 0.269 e. The first kappa shape index (κ1) is 19.3. The van der Waals surface area contributed by atoms with Crippen LogP contribution in [0.15, 0.2) is 47.4 Å². The summed E-state index contributed by atoms with van der Waals surface area (Å²) in [4.78, 5) is 16.9. The molecule has 0 aliphatic carbocycles. The van der Waals surface area contributed by atoms with E-state index in [1.807, 2.05) is 6.07 Å². The van der Waals surface area contributed by atoms with Crippen LogP contribution < -0.4 is 10.9 Å². The van der Waals surface area contributed by atoms with Crippen LogP contribution in [-0.2, 0) is 16.3 Å². The van der Waals surface area contributed by atoms with Gasteiger partial charge in [-0.05, 0) is 54.8 Å². The number of carbonyl (C=O) groups is 1. The predicted molar refractivity (Wildman–Crippen MR) is 109 cm³/mol. The van der Waals surface area contributed by atoms with E-state index in [-0.39, 0.29) is 10.8 Å². The highest BCUT2D eigenvalue weighted by atomic mass is 32.2. The fraction of sp³-hybridized carbons (Fsp3) is 0.263. The number of aryl methyl sites for hydroxylation is 1. The topological polar surface area (TPSA) is 88.2 Å². The van der Waals surface area contributed by atoms with E-state index in [4.69, 9.17) is 0 Å². The lowest BCUT2D eigenvalue weighted by atomic mass is 10.1. The van der Waals surface area contributed by atoms with E-state index in [0.717, 1.165) is 35.7 Å². The Kier molecular flexibility index (Phi) is 5.76. The summed E-state index contributed by atoms with van der Waals surface area (Å²) in [6, 6.07) is 12.0. The molecule has 1 heterocycles. The summed E-state index contributed by atoms with van der Waals surface area (Å²) < 4.78 is 24.0. The Morgan fingerprint density at radius 2 is 1.89 bits per heavy atom. The van der Waals surface area contributed by atoms with Gasteiger partial charge in [0, 0.05) is 11.8 Å². The van der Waals surface area contributed by atoms with Crippen LogP contribution in [0, 0.1) is 0 Å². The molecule has 0 saturated carbocycles. The third kappa shape index (κ3) is 4.84. The average Bonchev–Trinajstić information content (AvgIpc) is 3.06. The molecule has 0 saturated heterocycles. The lowest BCUT2D eigenvalue weighted by molar-refractivity contribution is 0.0962. The first-order valence-corrected chi connectivity index (χ1v) is 11.3. The van der Waals surface area contributed by atoms with Gasteiger partial charge in [-0.1, -0.05) is 30.7 Å². The molecule has 6 nitrogen and oxygen atoms in total. The number of hydrazine groups is 1. The Hall–Kier alpha value is -2.45. The molecule has 1 amide bonds. The number of sulfone groups is 1. The summed E-state index contributed by atoms with van der Waals surface area (Å²) >= 11 is 1.47. The lowest BCUT2D eigenvalue weighted by Gasteiger charge is -2.06. The molecule has 0 spiro atoms. The van der Waals surface area contributed by atoms with Crippen LogP contribution in [0.2, 0.25) is 0 Å². The zero-order valence-corrected chi connectivity index (χ0v) is 16.8. The number of hydrogen-bond acceptors (Lipinski definition) is 6. The van der Waals surface area contributed by atoms with E-state index >= 15 is 0 Å². The van der Waals surface area contributed by atoms with E-state index in [1.165, 1.54) is 41.2 Å². The molecule has 0 atom stereocenters. The van der Waals surface area contributed by atoms with Gasteiger partial charge in [-0.2, -0.15) is 0 Å². The summed E-state index contributed by atoms with van der Waals surface area (Å²) in [5.74, 6) is -0.363. The lowest BCUT2D eigenvalue weighted by Crippen LogP contribution is -2.29. The van der Waals surface area contributed by atoms with Crippen LogP contribution in [0.25, 0.3) is 10.2 Å². The average molecular weight is 404 g/mol. The molecule has 0 unspecified atom stereocenters. The van der Waals surface area contributed by atoms with Crippen molar-refractivity contribution in [1.29, 1.82) is 0 Å². The number of fused-ring (bicyclic) bond motifs is 1. The molecule has 8 heteroatoms. The van der Waals surface area contributed by atoms with Crippen molar-refractivity contribution in [2.24, 2.45) is 0 Å². The normalized spacial score (nSPS) is 11.5. The molecule has 0 bridgehead atoms. The van der Waals surface area contributed by atoms with Gasteiger partial charge in [-0.15, -0.1) is 0 Å². The standard InChI is InChI=1S/C19H21N3O3S2/c1-3-4-5-13-6-11-16-17(12-13)26-19(20-16)22-21-18(23)14-7-9-15(10-8-14)27(2,24)25/h6-12H,3-5H2,1-2H3,(H,20,22)(H,21,23). The molecule has 0 aliphatic rings. The molecule has 3 aromatic rings. The maximum absolute atomic E-state index is 12.2. The minimum Gasteiger partial charge on any atom is -0.273 e. The monoisotopic (exact) mass is 403 g/mol. The molecule has 2 N–H and O–H groups in total. The maximum Gasteiger partial charge on any atom is 0.269 e. The Labute approximate surface area is 162 Å². The molecule has 0 fully saturated rings. The Morgan fingerprint density at radius 3 is 2.56 bits per heavy atom. The summed E-state index contributed by atoms with van der Waals surface area (Å²) in [6.45, 7) is 2.17. The van der Waals surface area contributed by atoms with Crippen molar-refractivity contribution in [3.63, 3.8) is 0 Å². The van der Waals surface area contributed by atoms with E-state index in [0.29, 0.717) is 10.7 Å². The largest absolute Gasteiger partial charge is 0.273 e. The van der Waals surface area contributed by atoms with Crippen LogP contribution in [0.3, 0.4) is 0 Å². The fourth-order valence-electron chi connectivity index (χ4n) is 2.59. The van der Waals surface area contributed by atoms with Gasteiger partial charge >= 0.3 is 0 Å². The number of anilines is 1. The summed E-state index contributed by atoms with van der Waals surface area (Å²) in [7, 11) is -3.28. The first-order valence-electron chi connectivity index (χ1n) is 8.63. The predicted octanol–water partition coefficient (Wildman–Crippen LogP) is 3.80. The number of carbonyl (C=O) groups excluding carboxylic acids is 1. The number of hydrogen-bond donors (Lipinski definition) is 2. The van der Waals surface area contributed by atoms with E-state index in [1.54, 1.807) is 0 Å². The third-order valence-corrected chi connectivity index (χ3v) is 6.16. The van der Waals surface area contributed by atoms with Crippen LogP contribution in [-0.4, -0.2) is 25.6 Å². The van der Waals surface area contributed by atoms with Crippen LogP contribution >= 0.6 is 11.3 Å². The zero-order chi connectivity index (χ0) is 19.4. The Bertz CT molecular complexity index is 1060. The molecular weight excluding hydrogens is 382 g/mol. The second-order valence-corrected chi connectivity index (χ2v) is 9.35. The van der Waals surface area contributed by atoms with Crippen LogP contribution in [0.1, 0.15) is 35.7 Å². The summed E-state index contributed by atoms with van der Waals surface area (Å²) in [6.07, 6.45) is 4.49. The van der Waals surface area contributed by atoms with Gasteiger partial charge in [0.2, 0.25) is 5.13 Å². The van der Waals surface area contributed by atoms with Crippen LogP contribution in [0.4, 0.5) is 5.13 Å². The number of rotatable bonds is 7. The minimum atomic E-state index is -3.28. The molecule has 27 heavy (non-hydrogen) atoms. The van der Waals surface area contributed by atoms with Crippen molar-refractivity contribution < 1.29 is 13.2 Å². The molecule has 0 radical (unpaired) electrons. The van der Waals surface area contributed by atoms with E-state index in [2.05, 4.69) is 34.9 Å². The molecule has 0 aliphatic heterocycles. The number of unbranched alkanes of at least 4 members (excludes halogenated alkanes) is 1. The SMILES string of the molecule is CCCCc1ccc2nc(NNC(=O)c3ccc(S(C)(=O)=O)cc3)sc2c1. The Balaban J connectivity index is 1.66. The highest BCUT2D eigenvalue weighted by Crippen LogP contribution is 2.27. The molecule has 1 aromatic heterocycles. The third-order valence-electron chi connectivity index (χ3n) is 4.10. The quantitative estimate of drug-likeness (QED) is 0.586. The number of benzene rings is 2. The fourth-order valence-corrected chi connectivity index (χ4v) is 4.11. The van der Waals surface area contributed by atoms with Gasteiger partial charge < -0.3 is 0 Å². The van der Waals surface area contributed by atoms with Crippen molar-refractivity contribution in [1.82, 2.24) is 10.4 Å². The second kappa shape index (κ2) is 8.06. The first-order chi connectivity index (χ1) is 12.9. The van der Waals surface area contributed by atoms with Crippen molar-refractivity contribution >= 4 is 42.4 Å². The van der Waals surface area contributed by atoms with Gasteiger partial charge in [-0.3, -0.25) is 15.6 Å². The van der Waals surface area contributed by atoms with Gasteiger partial charge in [-0.25, -0.2) is 13.4 Å². The van der Waals surface area contributed by atoms with Crippen molar-refractivity contribution in [3.05, 3.63) is 53.6 Å². The van der Waals surface area contributed by atoms with Gasteiger partial charge in [0.1, 0.15) is 0 Å². The van der Waals surface area contributed by atoms with Gasteiger partial charge in [0.05, 0.1) is 15.1 Å². The Morgan fingerprint density at radius 1 is 1.15 bits per heavy atom. The maximum atomic E-state index is 12.2. The van der Waals surface area contributed by atoms with Crippen molar-refractivity contribution in [3.8, 4) is 0 Å². The molecule has 142 valence electrons. The summed E-state index contributed by atoms with van der Waals surface area (Å²) in [5.41, 5.74) is 7.95. The number of thiazole rings is 1. The zero-order valence-electron chi connectivity index (χ0n) is 15.2. The second-order valence-electron chi connectivity index (χ2n) is 6.30. The summed E-state index contributed by atoms with van der Waals surface area (Å²) in [5, 5.41) is 0.596. The molecule has 2 aromatic carbocycles. The van der Waals surface area contributed by atoms with E-state index < -0.39 is 9.84 Å². The van der Waals surface area contributed by atoms with Crippen molar-refractivity contribution in [2.45, 2.75) is 31.1 Å². The number of nitrogens with one attached hydrogen (secondary N) is 2. The molecule has 3 rings (SSSR count). The van der Waals surface area contributed by atoms with Crippen LogP contribution in [0.5, 0.6) is 0 Å². The highest BCUT2D eigenvalue weighted by Gasteiger charge is 2.11. The number of amides is 1. The van der Waals surface area contributed by atoms with Gasteiger partial charge in [0.25, 0.3) is 5.91 Å². The molecular formula is C19H21N3O3S2.